The van der Waals surface area contributed by atoms with E-state index in [-0.39, 0.29) is 17.6 Å². The van der Waals surface area contributed by atoms with Gasteiger partial charge in [0.25, 0.3) is 0 Å². The smallest absolute Gasteiger partial charge is 0.410 e. The fourth-order valence-electron chi connectivity index (χ4n) is 2.40. The lowest BCUT2D eigenvalue weighted by Crippen LogP contribution is -2.51. The van der Waals surface area contributed by atoms with Crippen LogP contribution in [0.5, 0.6) is 0 Å². The summed E-state index contributed by atoms with van der Waals surface area (Å²) in [6.07, 6.45) is 1.80. The topological polar surface area (TPSA) is 74.0 Å². The maximum atomic E-state index is 12.1. The van der Waals surface area contributed by atoms with Gasteiger partial charge in [-0.05, 0) is 33.6 Å². The van der Waals surface area contributed by atoms with Crippen molar-refractivity contribution in [2.75, 3.05) is 26.3 Å². The summed E-state index contributed by atoms with van der Waals surface area (Å²) >= 11 is 0. The molecule has 0 aromatic carbocycles. The Bertz CT molecular complexity index is 336. The summed E-state index contributed by atoms with van der Waals surface area (Å²) in [4.78, 5) is 18.6. The van der Waals surface area contributed by atoms with Crippen LogP contribution in [0.1, 0.15) is 33.6 Å². The van der Waals surface area contributed by atoms with Crippen LogP contribution in [-0.2, 0) is 14.3 Å². The van der Waals surface area contributed by atoms with Crippen LogP contribution in [0, 0.1) is 5.41 Å². The van der Waals surface area contributed by atoms with E-state index in [2.05, 4.69) is 0 Å². The first-order valence-corrected chi connectivity index (χ1v) is 6.77. The summed E-state index contributed by atoms with van der Waals surface area (Å²) < 4.78 is 11.2. The predicted octanol–water partition coefficient (Wildman–Crippen LogP) is 1.29. The maximum absolute atomic E-state index is 12.1. The lowest BCUT2D eigenvalue weighted by Gasteiger charge is -2.37. The van der Waals surface area contributed by atoms with Gasteiger partial charge < -0.3 is 19.2 Å². The first-order valence-electron chi connectivity index (χ1n) is 6.77. The van der Waals surface area contributed by atoms with Crippen LogP contribution >= 0.6 is 0 Å². The molecule has 1 atom stereocenters. The van der Waals surface area contributed by atoms with E-state index in [4.69, 9.17) is 20.2 Å². The summed E-state index contributed by atoms with van der Waals surface area (Å²) in [5.74, 6) is 5.18. The highest BCUT2D eigenvalue weighted by atomic mass is 16.6. The molecule has 19 heavy (non-hydrogen) atoms. The third-order valence-corrected chi connectivity index (χ3v) is 3.66. The van der Waals surface area contributed by atoms with Crippen LogP contribution in [0.25, 0.3) is 0 Å². The van der Waals surface area contributed by atoms with Crippen molar-refractivity contribution >= 4 is 6.09 Å². The van der Waals surface area contributed by atoms with Gasteiger partial charge in [0.15, 0.2) is 0 Å². The van der Waals surface area contributed by atoms with Crippen molar-refractivity contribution in [1.82, 2.24) is 4.90 Å². The Morgan fingerprint density at radius 2 is 2.16 bits per heavy atom. The molecule has 1 unspecified atom stereocenters. The van der Waals surface area contributed by atoms with Gasteiger partial charge in [0, 0.05) is 12.0 Å². The Labute approximate surface area is 114 Å². The highest BCUT2D eigenvalue weighted by Crippen LogP contribution is 2.50. The number of morpholine rings is 1. The number of nitrogens with zero attached hydrogens (tertiary/aromatic N) is 1. The van der Waals surface area contributed by atoms with E-state index in [1.165, 1.54) is 0 Å². The monoisotopic (exact) mass is 272 g/mol. The van der Waals surface area contributed by atoms with Gasteiger partial charge in [0.05, 0.1) is 25.9 Å². The van der Waals surface area contributed by atoms with Crippen molar-refractivity contribution in [1.29, 1.82) is 0 Å². The number of carbonyl (C=O) groups excluding carboxylic acids is 1. The molecular formula is C13H24N2O4. The minimum atomic E-state index is -0.470. The molecule has 1 aliphatic carbocycles. The lowest BCUT2D eigenvalue weighted by atomic mass is 9.99. The number of nitrogens with two attached hydrogens (primary N) is 1. The third-order valence-electron chi connectivity index (χ3n) is 3.66. The van der Waals surface area contributed by atoms with E-state index in [9.17, 15) is 4.79 Å². The van der Waals surface area contributed by atoms with Gasteiger partial charge in [-0.15, -0.1) is 0 Å². The normalized spacial score (nSPS) is 26.1. The molecule has 1 saturated carbocycles. The van der Waals surface area contributed by atoms with Crippen molar-refractivity contribution in [3.05, 3.63) is 0 Å². The highest BCUT2D eigenvalue weighted by Gasteiger charge is 2.52. The summed E-state index contributed by atoms with van der Waals surface area (Å²) in [6.45, 7) is 7.76. The molecule has 2 aliphatic rings. The minimum absolute atomic E-state index is 0.00248. The second-order valence-corrected chi connectivity index (χ2v) is 6.46. The lowest BCUT2D eigenvalue weighted by molar-refractivity contribution is -0.0873. The van der Waals surface area contributed by atoms with Crippen LogP contribution in [0.4, 0.5) is 4.79 Å². The van der Waals surface area contributed by atoms with Gasteiger partial charge in [0.2, 0.25) is 0 Å². The average Bonchev–Trinajstić information content (AvgIpc) is 3.09. The van der Waals surface area contributed by atoms with Crippen molar-refractivity contribution in [2.24, 2.45) is 11.3 Å². The zero-order chi connectivity index (χ0) is 14.1. The molecule has 2 N–H and O–H groups in total. The van der Waals surface area contributed by atoms with E-state index in [1.807, 2.05) is 20.8 Å². The summed E-state index contributed by atoms with van der Waals surface area (Å²) in [7, 11) is 0. The summed E-state index contributed by atoms with van der Waals surface area (Å²) in [5.41, 5.74) is -0.474. The molecule has 0 aromatic rings. The molecule has 2 fully saturated rings. The number of amides is 1. The minimum Gasteiger partial charge on any atom is -0.444 e. The maximum Gasteiger partial charge on any atom is 0.410 e. The predicted molar refractivity (Wildman–Crippen MR) is 69.4 cm³/mol. The Kier molecular flexibility index (Phi) is 4.03. The Balaban J connectivity index is 1.92. The van der Waals surface area contributed by atoms with Gasteiger partial charge in [-0.2, -0.15) is 0 Å². The van der Waals surface area contributed by atoms with Crippen LogP contribution in [0.3, 0.4) is 0 Å². The summed E-state index contributed by atoms with van der Waals surface area (Å²) in [5, 5.41) is 0. The fourth-order valence-corrected chi connectivity index (χ4v) is 2.40. The van der Waals surface area contributed by atoms with Gasteiger partial charge >= 0.3 is 6.09 Å². The number of hydrogen-bond acceptors (Lipinski definition) is 5. The molecule has 6 nitrogen and oxygen atoms in total. The molecule has 6 heteroatoms. The van der Waals surface area contributed by atoms with Gasteiger partial charge in [-0.25, -0.2) is 10.7 Å². The van der Waals surface area contributed by atoms with Crippen molar-refractivity contribution in [2.45, 2.75) is 45.3 Å². The first kappa shape index (κ1) is 14.6. The Morgan fingerprint density at radius 3 is 2.68 bits per heavy atom. The van der Waals surface area contributed by atoms with E-state index < -0.39 is 5.60 Å². The van der Waals surface area contributed by atoms with Crippen molar-refractivity contribution < 1.29 is 19.1 Å². The number of hydrogen-bond donors (Lipinski definition) is 1. The largest absolute Gasteiger partial charge is 0.444 e. The van der Waals surface area contributed by atoms with Gasteiger partial charge in [0.1, 0.15) is 5.60 Å². The Hall–Kier alpha value is -0.850. The number of rotatable bonds is 3. The molecule has 1 saturated heterocycles. The van der Waals surface area contributed by atoms with E-state index in [0.29, 0.717) is 26.3 Å². The van der Waals surface area contributed by atoms with E-state index in [0.717, 1.165) is 12.8 Å². The Morgan fingerprint density at radius 1 is 1.47 bits per heavy atom. The first-order chi connectivity index (χ1) is 8.86. The van der Waals surface area contributed by atoms with Gasteiger partial charge in [-0.3, -0.25) is 0 Å². The molecular weight excluding hydrogens is 248 g/mol. The van der Waals surface area contributed by atoms with Crippen molar-refractivity contribution in [3.63, 3.8) is 0 Å². The average molecular weight is 272 g/mol. The van der Waals surface area contributed by atoms with Crippen LogP contribution in [0.2, 0.25) is 0 Å². The molecule has 0 aromatic heterocycles. The van der Waals surface area contributed by atoms with Crippen LogP contribution in [-0.4, -0.2) is 49.0 Å². The molecule has 2 rings (SSSR count). The molecule has 1 amide bonds. The second kappa shape index (κ2) is 5.26. The highest BCUT2D eigenvalue weighted by molar-refractivity contribution is 5.68. The van der Waals surface area contributed by atoms with Crippen molar-refractivity contribution in [3.8, 4) is 0 Å². The molecule has 0 bridgehead atoms. The zero-order valence-corrected chi connectivity index (χ0v) is 12.0. The zero-order valence-electron chi connectivity index (χ0n) is 12.0. The number of ether oxygens (including phenoxy) is 2. The molecule has 0 radical (unpaired) electrons. The molecule has 110 valence electrons. The van der Waals surface area contributed by atoms with Crippen LogP contribution in [0.15, 0.2) is 0 Å². The van der Waals surface area contributed by atoms with E-state index in [1.54, 1.807) is 4.90 Å². The molecule has 1 aliphatic heterocycles. The SMILES string of the molecule is CC(C)(C)OC(=O)N1CCOC(C2(CON)CC2)C1. The number of carbonyl (C=O) groups is 1. The fraction of sp³-hybridized carbons (Fsp3) is 0.923. The summed E-state index contributed by atoms with van der Waals surface area (Å²) in [6, 6.07) is 0. The van der Waals surface area contributed by atoms with Gasteiger partial charge in [-0.1, -0.05) is 0 Å². The molecule has 1 heterocycles. The standard InChI is InChI=1S/C13H24N2O4/c1-12(2,3)19-11(16)15-6-7-17-10(8-15)13(4-5-13)9-18-14/h10H,4-9,14H2,1-3H3. The third kappa shape index (κ3) is 3.58. The molecule has 0 spiro atoms. The van der Waals surface area contributed by atoms with Crippen LogP contribution < -0.4 is 5.90 Å². The quantitative estimate of drug-likeness (QED) is 0.784. The van der Waals surface area contributed by atoms with E-state index >= 15 is 0 Å². The second-order valence-electron chi connectivity index (χ2n) is 6.46.